The average Bonchev–Trinajstić information content (AvgIpc) is 3.21. The summed E-state index contributed by atoms with van der Waals surface area (Å²) < 4.78 is 0. The summed E-state index contributed by atoms with van der Waals surface area (Å²) in [6.45, 7) is 2.14. The number of fused-ring (bicyclic) bond motifs is 3. The maximum Gasteiger partial charge on any atom is 0.164 e. The molecule has 0 aliphatic heterocycles. The molecule has 9 rings (SSSR count). The Kier molecular flexibility index (Phi) is 7.63. The summed E-state index contributed by atoms with van der Waals surface area (Å²) >= 11 is 0. The molecule has 0 saturated carbocycles. The van der Waals surface area contributed by atoms with E-state index >= 15 is 0 Å². The summed E-state index contributed by atoms with van der Waals surface area (Å²) in [5, 5.41) is 2.17. The monoisotopic (exact) mass is 653 g/mol. The van der Waals surface area contributed by atoms with Gasteiger partial charge in [0, 0.05) is 38.6 Å². The molecule has 0 spiro atoms. The van der Waals surface area contributed by atoms with Gasteiger partial charge in [0.05, 0.1) is 22.4 Å². The quantitative estimate of drug-likeness (QED) is 0.167. The number of nitrogens with zero attached hydrogens (tertiary/aromatic N) is 5. The summed E-state index contributed by atoms with van der Waals surface area (Å²) in [7, 11) is 0. The lowest BCUT2D eigenvalue weighted by atomic mass is 10.0. The SMILES string of the molecule is Cc1cc(-c2ccc(-c3nc(-c4ccccc4)nc(-c4ccc(-c5ccccc5)cc4)n3)cc2)nc2c1ccc1ccc(-c3ccccc3)nc12. The molecule has 5 nitrogen and oxygen atoms in total. The number of hydrogen-bond acceptors (Lipinski definition) is 5. The van der Waals surface area contributed by atoms with Crippen LogP contribution in [0.1, 0.15) is 5.56 Å². The van der Waals surface area contributed by atoms with Crippen LogP contribution in [0.4, 0.5) is 0 Å². The van der Waals surface area contributed by atoms with Crippen LogP contribution in [0.25, 0.3) is 89.6 Å². The van der Waals surface area contributed by atoms with E-state index in [0.717, 1.165) is 72.1 Å². The first kappa shape index (κ1) is 30.2. The maximum atomic E-state index is 5.20. The third-order valence-electron chi connectivity index (χ3n) is 9.27. The lowest BCUT2D eigenvalue weighted by Gasteiger charge is -2.11. The zero-order valence-electron chi connectivity index (χ0n) is 27.9. The predicted molar refractivity (Wildman–Crippen MR) is 208 cm³/mol. The molecule has 0 N–H and O–H groups in total. The smallest absolute Gasteiger partial charge is 0.164 e. The molecule has 3 heterocycles. The predicted octanol–water partition coefficient (Wildman–Crippen LogP) is 11.3. The van der Waals surface area contributed by atoms with Gasteiger partial charge < -0.3 is 0 Å². The molecule has 0 unspecified atom stereocenters. The molecule has 6 aromatic carbocycles. The first-order chi connectivity index (χ1) is 25.2. The van der Waals surface area contributed by atoms with Crippen molar-refractivity contribution in [3.05, 3.63) is 175 Å². The van der Waals surface area contributed by atoms with E-state index in [9.17, 15) is 0 Å². The zero-order valence-corrected chi connectivity index (χ0v) is 27.9. The molecule has 51 heavy (non-hydrogen) atoms. The minimum absolute atomic E-state index is 0.615. The van der Waals surface area contributed by atoms with Crippen molar-refractivity contribution in [1.29, 1.82) is 0 Å². The van der Waals surface area contributed by atoms with Crippen LogP contribution in [0.5, 0.6) is 0 Å². The second-order valence-electron chi connectivity index (χ2n) is 12.6. The van der Waals surface area contributed by atoms with Gasteiger partial charge in [-0.05, 0) is 35.7 Å². The Labute approximate surface area is 296 Å². The highest BCUT2D eigenvalue weighted by Crippen LogP contribution is 2.32. The Bertz CT molecular complexity index is 2660. The van der Waals surface area contributed by atoms with E-state index in [-0.39, 0.29) is 0 Å². The standard InChI is InChI=1S/C46H31N5/c1-30-29-41(48-43-39(30)27-25-35-26-28-40(47-42(35)43)33-13-7-3-8-14-33)34-19-23-38(24-20-34)46-50-44(36-15-9-4-10-16-36)49-45(51-46)37-21-17-32(18-22-37)31-11-5-2-6-12-31/h2-29H,1H3. The third-order valence-corrected chi connectivity index (χ3v) is 9.27. The average molecular weight is 654 g/mol. The normalized spacial score (nSPS) is 11.2. The van der Waals surface area contributed by atoms with Crippen LogP contribution in [0.15, 0.2) is 170 Å². The Hall–Kier alpha value is -6.85. The number of aromatic nitrogens is 5. The largest absolute Gasteiger partial charge is 0.245 e. The molecular weight excluding hydrogens is 623 g/mol. The van der Waals surface area contributed by atoms with E-state index in [1.165, 1.54) is 5.56 Å². The van der Waals surface area contributed by atoms with Crippen LogP contribution in [0, 0.1) is 6.92 Å². The van der Waals surface area contributed by atoms with Crippen LogP contribution in [0.3, 0.4) is 0 Å². The van der Waals surface area contributed by atoms with Crippen molar-refractivity contribution in [2.45, 2.75) is 6.92 Å². The molecule has 3 aromatic heterocycles. The summed E-state index contributed by atoms with van der Waals surface area (Å²) in [4.78, 5) is 25.2. The number of rotatable bonds is 6. The minimum atomic E-state index is 0.615. The first-order valence-electron chi connectivity index (χ1n) is 17.0. The van der Waals surface area contributed by atoms with Crippen molar-refractivity contribution in [3.8, 4) is 67.8 Å². The Morgan fingerprint density at radius 3 is 1.31 bits per heavy atom. The van der Waals surface area contributed by atoms with Gasteiger partial charge in [-0.1, -0.05) is 158 Å². The van der Waals surface area contributed by atoms with Gasteiger partial charge in [-0.25, -0.2) is 24.9 Å². The molecule has 0 saturated heterocycles. The first-order valence-corrected chi connectivity index (χ1v) is 17.0. The topological polar surface area (TPSA) is 64.5 Å². The molecule has 9 aromatic rings. The Morgan fingerprint density at radius 1 is 0.314 bits per heavy atom. The van der Waals surface area contributed by atoms with E-state index < -0.39 is 0 Å². The molecule has 0 atom stereocenters. The van der Waals surface area contributed by atoms with E-state index in [0.29, 0.717) is 17.5 Å². The second-order valence-corrected chi connectivity index (χ2v) is 12.6. The van der Waals surface area contributed by atoms with Gasteiger partial charge in [-0.2, -0.15) is 0 Å². The highest BCUT2D eigenvalue weighted by molar-refractivity contribution is 6.05. The Morgan fingerprint density at radius 2 is 0.725 bits per heavy atom. The summed E-state index contributed by atoms with van der Waals surface area (Å²) in [5.41, 5.74) is 12.0. The van der Waals surface area contributed by atoms with Gasteiger partial charge in [-0.15, -0.1) is 0 Å². The van der Waals surface area contributed by atoms with Crippen LogP contribution in [0.2, 0.25) is 0 Å². The van der Waals surface area contributed by atoms with Crippen molar-refractivity contribution in [2.75, 3.05) is 0 Å². The van der Waals surface area contributed by atoms with Crippen LogP contribution < -0.4 is 0 Å². The molecule has 5 heteroatoms. The lowest BCUT2D eigenvalue weighted by molar-refractivity contribution is 1.07. The molecule has 0 radical (unpaired) electrons. The zero-order chi connectivity index (χ0) is 34.1. The van der Waals surface area contributed by atoms with Crippen molar-refractivity contribution in [1.82, 2.24) is 24.9 Å². The third kappa shape index (κ3) is 5.91. The molecule has 240 valence electrons. The fourth-order valence-electron chi connectivity index (χ4n) is 6.54. The van der Waals surface area contributed by atoms with Gasteiger partial charge in [0.15, 0.2) is 17.5 Å². The van der Waals surface area contributed by atoms with Crippen molar-refractivity contribution in [2.24, 2.45) is 0 Å². The molecular formula is C46H31N5. The van der Waals surface area contributed by atoms with Gasteiger partial charge in [0.2, 0.25) is 0 Å². The van der Waals surface area contributed by atoms with E-state index in [1.54, 1.807) is 0 Å². The van der Waals surface area contributed by atoms with Crippen LogP contribution in [-0.4, -0.2) is 24.9 Å². The molecule has 0 amide bonds. The Balaban J connectivity index is 1.10. The molecule has 0 bridgehead atoms. The maximum absolute atomic E-state index is 5.20. The lowest BCUT2D eigenvalue weighted by Crippen LogP contribution is -2.00. The number of pyridine rings is 2. The summed E-state index contributed by atoms with van der Waals surface area (Å²) in [5.74, 6) is 1.88. The second kappa shape index (κ2) is 12.9. The van der Waals surface area contributed by atoms with E-state index in [1.807, 2.05) is 54.6 Å². The summed E-state index contributed by atoms with van der Waals surface area (Å²) in [6.07, 6.45) is 0. The van der Waals surface area contributed by atoms with Gasteiger partial charge in [0.25, 0.3) is 0 Å². The highest BCUT2D eigenvalue weighted by Gasteiger charge is 2.15. The van der Waals surface area contributed by atoms with Crippen molar-refractivity contribution >= 4 is 21.8 Å². The van der Waals surface area contributed by atoms with Crippen LogP contribution in [-0.2, 0) is 0 Å². The van der Waals surface area contributed by atoms with Crippen LogP contribution >= 0.6 is 0 Å². The fraction of sp³-hybridized carbons (Fsp3) is 0.0217. The fourth-order valence-corrected chi connectivity index (χ4v) is 6.54. The number of benzene rings is 6. The molecule has 0 aliphatic carbocycles. The molecule has 0 fully saturated rings. The van der Waals surface area contributed by atoms with Gasteiger partial charge in [-0.3, -0.25) is 0 Å². The molecule has 0 aliphatic rings. The van der Waals surface area contributed by atoms with Gasteiger partial charge >= 0.3 is 0 Å². The minimum Gasteiger partial charge on any atom is -0.245 e. The number of hydrogen-bond donors (Lipinski definition) is 0. The number of aryl methyl sites for hydroxylation is 1. The van der Waals surface area contributed by atoms with Gasteiger partial charge in [0.1, 0.15) is 0 Å². The summed E-state index contributed by atoms with van der Waals surface area (Å²) in [6, 6.07) is 58.0. The van der Waals surface area contributed by atoms with Crippen molar-refractivity contribution in [3.63, 3.8) is 0 Å². The van der Waals surface area contributed by atoms with E-state index in [2.05, 4.69) is 122 Å². The van der Waals surface area contributed by atoms with E-state index in [4.69, 9.17) is 24.9 Å². The van der Waals surface area contributed by atoms with Crippen molar-refractivity contribution < 1.29 is 0 Å². The highest BCUT2D eigenvalue weighted by atomic mass is 15.0.